The Kier molecular flexibility index (Phi) is 4.81. The van der Waals surface area contributed by atoms with Crippen LogP contribution < -0.4 is 10.1 Å². The van der Waals surface area contributed by atoms with Crippen LogP contribution >= 0.6 is 0 Å². The second-order valence-electron chi connectivity index (χ2n) is 5.01. The lowest BCUT2D eigenvalue weighted by Gasteiger charge is -2.16. The zero-order valence-corrected chi connectivity index (χ0v) is 10.9. The Morgan fingerprint density at radius 1 is 1.44 bits per heavy atom. The lowest BCUT2D eigenvalue weighted by atomic mass is 10.00. The molecule has 0 bridgehead atoms. The highest BCUT2D eigenvalue weighted by atomic mass is 16.5. The largest absolute Gasteiger partial charge is 0.481 e. The third-order valence-corrected chi connectivity index (χ3v) is 3.57. The fraction of sp³-hybridized carbons (Fsp3) is 0.643. The first kappa shape index (κ1) is 13.1. The van der Waals surface area contributed by atoms with Crippen molar-refractivity contribution in [1.29, 1.82) is 0 Å². The van der Waals surface area contributed by atoms with E-state index >= 15 is 0 Å². The smallest absolute Gasteiger partial charge is 0.213 e. The molecule has 2 N–H and O–H groups in total. The van der Waals surface area contributed by atoms with Gasteiger partial charge in [-0.1, -0.05) is 25.7 Å². The number of nitrogens with zero attached hydrogens (tertiary/aromatic N) is 1. The molecule has 1 aliphatic rings. The number of pyridine rings is 1. The summed E-state index contributed by atoms with van der Waals surface area (Å²) in [5, 5.41) is 13.2. The van der Waals surface area contributed by atoms with Crippen molar-refractivity contribution in [2.24, 2.45) is 5.92 Å². The molecule has 4 nitrogen and oxygen atoms in total. The molecule has 0 amide bonds. The first-order valence-corrected chi connectivity index (χ1v) is 6.70. The highest BCUT2D eigenvalue weighted by Gasteiger charge is 2.18. The summed E-state index contributed by atoms with van der Waals surface area (Å²) in [5.41, 5.74) is 0.918. The van der Waals surface area contributed by atoms with Crippen molar-refractivity contribution in [3.8, 4) is 5.88 Å². The molecule has 1 aromatic heterocycles. The first-order chi connectivity index (χ1) is 8.78. The molecule has 0 aliphatic heterocycles. The number of hydrogen-bond donors (Lipinski definition) is 2. The van der Waals surface area contributed by atoms with Gasteiger partial charge in [-0.05, 0) is 18.4 Å². The fourth-order valence-corrected chi connectivity index (χ4v) is 2.56. The molecule has 0 saturated heterocycles. The van der Waals surface area contributed by atoms with Crippen molar-refractivity contribution >= 4 is 5.69 Å². The van der Waals surface area contributed by atoms with E-state index in [2.05, 4.69) is 10.3 Å². The van der Waals surface area contributed by atoms with E-state index in [1.807, 2.05) is 12.1 Å². The second kappa shape index (κ2) is 6.59. The van der Waals surface area contributed by atoms with Gasteiger partial charge in [0.15, 0.2) is 0 Å². The molecule has 1 aliphatic carbocycles. The maximum absolute atomic E-state index is 9.96. The normalized spacial score (nSPS) is 17.7. The van der Waals surface area contributed by atoms with Crippen LogP contribution in [0.3, 0.4) is 0 Å². The van der Waals surface area contributed by atoms with Crippen LogP contribution in [0.25, 0.3) is 0 Å². The van der Waals surface area contributed by atoms with Gasteiger partial charge in [0.1, 0.15) is 0 Å². The van der Waals surface area contributed by atoms with Gasteiger partial charge in [-0.25, -0.2) is 4.98 Å². The van der Waals surface area contributed by atoms with E-state index in [0.29, 0.717) is 12.4 Å². The number of hydrogen-bond acceptors (Lipinski definition) is 4. The molecule has 2 rings (SSSR count). The van der Waals surface area contributed by atoms with Crippen molar-refractivity contribution in [1.82, 2.24) is 4.98 Å². The molecule has 1 unspecified atom stereocenters. The molecule has 1 heterocycles. The highest BCUT2D eigenvalue weighted by Crippen LogP contribution is 2.28. The Balaban J connectivity index is 1.72. The monoisotopic (exact) mass is 250 g/mol. The minimum absolute atomic E-state index is 0.268. The Labute approximate surface area is 108 Å². The summed E-state index contributed by atoms with van der Waals surface area (Å²) in [5.74, 6) is 1.32. The van der Waals surface area contributed by atoms with Gasteiger partial charge >= 0.3 is 0 Å². The maximum Gasteiger partial charge on any atom is 0.213 e. The van der Waals surface area contributed by atoms with Crippen LogP contribution in [0.4, 0.5) is 5.69 Å². The third-order valence-electron chi connectivity index (χ3n) is 3.57. The number of aromatic nitrogens is 1. The van der Waals surface area contributed by atoms with Crippen LogP contribution in [0.2, 0.25) is 0 Å². The summed E-state index contributed by atoms with van der Waals surface area (Å²) in [6.45, 7) is 0.588. The number of nitrogens with one attached hydrogen (secondary N) is 1. The van der Waals surface area contributed by atoms with Gasteiger partial charge in [-0.2, -0.15) is 0 Å². The van der Waals surface area contributed by atoms with Gasteiger partial charge < -0.3 is 15.2 Å². The molecular formula is C14H22N2O2. The van der Waals surface area contributed by atoms with Gasteiger partial charge in [0.25, 0.3) is 0 Å². The van der Waals surface area contributed by atoms with Crippen LogP contribution in [0.15, 0.2) is 18.3 Å². The minimum Gasteiger partial charge on any atom is -0.481 e. The van der Waals surface area contributed by atoms with Crippen LogP contribution in [0, 0.1) is 5.92 Å². The summed E-state index contributed by atoms with van der Waals surface area (Å²) < 4.78 is 5.00. The molecule has 1 aromatic rings. The minimum atomic E-state index is -0.268. The van der Waals surface area contributed by atoms with Gasteiger partial charge in [-0.15, -0.1) is 0 Å². The van der Waals surface area contributed by atoms with Gasteiger partial charge in [0.05, 0.1) is 25.1 Å². The summed E-state index contributed by atoms with van der Waals surface area (Å²) in [6.07, 6.45) is 7.58. The quantitative estimate of drug-likeness (QED) is 0.814. The first-order valence-electron chi connectivity index (χ1n) is 6.70. The Morgan fingerprint density at radius 2 is 2.22 bits per heavy atom. The third kappa shape index (κ3) is 3.88. The molecular weight excluding hydrogens is 228 g/mol. The second-order valence-corrected chi connectivity index (χ2v) is 5.01. The standard InChI is InChI=1S/C14H22N2O2/c1-18-14-7-6-12(9-16-14)15-10-13(17)8-11-4-2-3-5-11/h6-7,9,11,13,15,17H,2-5,8,10H2,1H3. The van der Waals surface area contributed by atoms with E-state index in [1.165, 1.54) is 25.7 Å². The van der Waals surface area contributed by atoms with Crippen molar-refractivity contribution < 1.29 is 9.84 Å². The molecule has 0 radical (unpaired) electrons. The average molecular weight is 250 g/mol. The molecule has 0 aromatic carbocycles. The molecule has 100 valence electrons. The van der Waals surface area contributed by atoms with Crippen LogP contribution in [0.1, 0.15) is 32.1 Å². The highest BCUT2D eigenvalue weighted by molar-refractivity contribution is 5.42. The summed E-state index contributed by atoms with van der Waals surface area (Å²) >= 11 is 0. The van der Waals surface area contributed by atoms with E-state index in [9.17, 15) is 5.11 Å². The topological polar surface area (TPSA) is 54.4 Å². The van der Waals surface area contributed by atoms with Gasteiger partial charge in [0.2, 0.25) is 5.88 Å². The van der Waals surface area contributed by atoms with Crippen LogP contribution in [-0.4, -0.2) is 29.8 Å². The molecule has 1 atom stereocenters. The van der Waals surface area contributed by atoms with E-state index in [4.69, 9.17) is 4.74 Å². The molecule has 1 saturated carbocycles. The lowest BCUT2D eigenvalue weighted by molar-refractivity contribution is 0.155. The van der Waals surface area contributed by atoms with Gasteiger partial charge in [-0.3, -0.25) is 0 Å². The van der Waals surface area contributed by atoms with Crippen molar-refractivity contribution in [3.63, 3.8) is 0 Å². The fourth-order valence-electron chi connectivity index (χ4n) is 2.56. The predicted molar refractivity (Wildman–Crippen MR) is 71.9 cm³/mol. The number of methoxy groups -OCH3 is 1. The average Bonchev–Trinajstić information content (AvgIpc) is 2.90. The maximum atomic E-state index is 9.96. The molecule has 4 heteroatoms. The summed E-state index contributed by atoms with van der Waals surface area (Å²) in [7, 11) is 1.60. The Hall–Kier alpha value is -1.29. The van der Waals surface area contributed by atoms with E-state index in [0.717, 1.165) is 18.0 Å². The molecule has 18 heavy (non-hydrogen) atoms. The lowest BCUT2D eigenvalue weighted by Crippen LogP contribution is -2.22. The van der Waals surface area contributed by atoms with E-state index in [-0.39, 0.29) is 6.10 Å². The van der Waals surface area contributed by atoms with Crippen LogP contribution in [0.5, 0.6) is 5.88 Å². The van der Waals surface area contributed by atoms with Crippen molar-refractivity contribution in [3.05, 3.63) is 18.3 Å². The molecule has 0 spiro atoms. The number of rotatable bonds is 6. The Bertz CT molecular complexity index is 347. The zero-order valence-electron chi connectivity index (χ0n) is 10.9. The Morgan fingerprint density at radius 3 is 2.83 bits per heavy atom. The number of ether oxygens (including phenoxy) is 1. The number of anilines is 1. The van der Waals surface area contributed by atoms with E-state index in [1.54, 1.807) is 13.3 Å². The number of aliphatic hydroxyl groups is 1. The summed E-state index contributed by atoms with van der Waals surface area (Å²) in [6, 6.07) is 3.72. The van der Waals surface area contributed by atoms with Crippen LogP contribution in [-0.2, 0) is 0 Å². The zero-order chi connectivity index (χ0) is 12.8. The van der Waals surface area contributed by atoms with Crippen molar-refractivity contribution in [2.75, 3.05) is 19.0 Å². The van der Waals surface area contributed by atoms with Crippen molar-refractivity contribution in [2.45, 2.75) is 38.2 Å². The predicted octanol–water partition coefficient (Wildman–Crippen LogP) is 2.44. The summed E-state index contributed by atoms with van der Waals surface area (Å²) in [4.78, 5) is 4.11. The SMILES string of the molecule is COc1ccc(NCC(O)CC2CCCC2)cn1. The number of aliphatic hydroxyl groups excluding tert-OH is 1. The van der Waals surface area contributed by atoms with Gasteiger partial charge in [0, 0.05) is 12.6 Å². The molecule has 1 fully saturated rings. The van der Waals surface area contributed by atoms with E-state index < -0.39 is 0 Å².